The van der Waals surface area contributed by atoms with Crippen LogP contribution in [0.25, 0.3) is 0 Å². The molecular formula is C65H128. The van der Waals surface area contributed by atoms with Gasteiger partial charge < -0.3 is 0 Å². The van der Waals surface area contributed by atoms with Gasteiger partial charge in [0.15, 0.2) is 0 Å². The van der Waals surface area contributed by atoms with Crippen LogP contribution in [0.1, 0.15) is 288 Å². The number of fused-ring (bicyclic) bond motifs is 2. The first-order chi connectivity index (χ1) is 30.0. The van der Waals surface area contributed by atoms with E-state index < -0.39 is 0 Å². The van der Waals surface area contributed by atoms with Gasteiger partial charge in [-0.2, -0.15) is 0 Å². The van der Waals surface area contributed by atoms with Crippen LogP contribution in [0.2, 0.25) is 0 Å². The van der Waals surface area contributed by atoms with Crippen molar-refractivity contribution in [3.63, 3.8) is 0 Å². The van der Waals surface area contributed by atoms with Crippen LogP contribution < -0.4 is 0 Å². The van der Waals surface area contributed by atoms with Gasteiger partial charge >= 0.3 is 0 Å². The number of hydrogen-bond acceptors (Lipinski definition) is 0. The average molecular weight is 910 g/mol. The van der Waals surface area contributed by atoms with Crippen molar-refractivity contribution in [3.8, 4) is 0 Å². The molecule has 0 aromatic rings. The van der Waals surface area contributed by atoms with Crippen LogP contribution >= 0.6 is 0 Å². The van der Waals surface area contributed by atoms with Crippen molar-refractivity contribution >= 4 is 0 Å². The fraction of sp³-hybridized carbons (Fsp3) is 1.00. The molecule has 9 fully saturated rings. The molecular weight excluding hydrogens is 781 g/mol. The van der Waals surface area contributed by atoms with Crippen molar-refractivity contribution in [1.29, 1.82) is 0 Å². The van der Waals surface area contributed by atoms with Crippen LogP contribution in [-0.2, 0) is 0 Å². The van der Waals surface area contributed by atoms with Gasteiger partial charge in [0, 0.05) is 0 Å². The van der Waals surface area contributed by atoms with E-state index in [1.54, 1.807) is 0 Å². The molecule has 0 N–H and O–H groups in total. The minimum atomic E-state index is 0.595. The van der Waals surface area contributed by atoms with E-state index in [1.807, 2.05) is 0 Å². The Hall–Kier alpha value is 0. The molecule has 0 nitrogen and oxygen atoms in total. The van der Waals surface area contributed by atoms with Gasteiger partial charge in [0.2, 0.25) is 0 Å². The van der Waals surface area contributed by atoms with E-state index in [1.165, 1.54) is 128 Å². The molecule has 9 rings (SSSR count). The molecule has 65 heavy (non-hydrogen) atoms. The molecule has 0 saturated heterocycles. The molecule has 9 saturated carbocycles. The van der Waals surface area contributed by atoms with Crippen molar-refractivity contribution in [2.75, 3.05) is 0 Å². The van der Waals surface area contributed by atoms with E-state index in [9.17, 15) is 0 Å². The summed E-state index contributed by atoms with van der Waals surface area (Å²) in [7, 11) is 0. The molecule has 2 bridgehead atoms. The molecule has 388 valence electrons. The van der Waals surface area contributed by atoms with E-state index in [4.69, 9.17) is 0 Å². The Morgan fingerprint density at radius 2 is 0.923 bits per heavy atom. The molecule has 8 unspecified atom stereocenters. The maximum absolute atomic E-state index is 2.48. The van der Waals surface area contributed by atoms with Gasteiger partial charge in [-0.3, -0.25) is 0 Å². The first-order valence-electron chi connectivity index (χ1n) is 30.0. The highest BCUT2D eigenvalue weighted by Crippen LogP contribution is 2.57. The summed E-state index contributed by atoms with van der Waals surface area (Å²) in [6, 6.07) is 0. The number of rotatable bonds is 3. The quantitative estimate of drug-likeness (QED) is 0.265. The first-order valence-corrected chi connectivity index (χ1v) is 30.0. The van der Waals surface area contributed by atoms with E-state index in [0.717, 1.165) is 118 Å². The fourth-order valence-corrected chi connectivity index (χ4v) is 14.0. The zero-order chi connectivity index (χ0) is 49.6. The molecule has 9 aliphatic carbocycles. The monoisotopic (exact) mass is 909 g/mol. The summed E-state index contributed by atoms with van der Waals surface area (Å²) < 4.78 is 0. The smallest absolute Gasteiger partial charge is 0.0297 e. The zero-order valence-corrected chi connectivity index (χ0v) is 49.6. The molecule has 0 amide bonds. The van der Waals surface area contributed by atoms with Gasteiger partial charge in [-0.25, -0.2) is 0 Å². The van der Waals surface area contributed by atoms with E-state index in [0.29, 0.717) is 10.8 Å². The minimum Gasteiger partial charge on any atom is -0.0651 e. The Morgan fingerprint density at radius 1 is 0.462 bits per heavy atom. The van der Waals surface area contributed by atoms with E-state index in [2.05, 4.69) is 159 Å². The standard InChI is InChI=1S/C9H16.7C8H16/c1-7-5-8-3-4-9(7,2)6-8;1-6-4-7(2)8(3)5-6;1-6(2)8-4-7(3)5-8;1-7-4-5-8(2,3)6-7;1-8(2,3)7-5-4-6-7;1-6-4-5-7(2)8(6)3;1-5-6(2)8(4)7(5)3;1-3-7(2)8-5-4-6-8/h7-8H,3-6H2,1-2H3;2*6-8H,4-5H2,1-3H3;2*7H,4-6H2,1-3H3;6-8H,4-5H2,1-3H3;5-8H,1-4H3;7-8H,3-6H2,1-2H3/t7-,8?,9?;6?,7-,8?;;;;;;/m00....../s1. The summed E-state index contributed by atoms with van der Waals surface area (Å²) >= 11 is 0. The average Bonchev–Trinajstić information content (AvgIpc) is 3.95. The van der Waals surface area contributed by atoms with Crippen LogP contribution in [-0.4, -0.2) is 0 Å². The molecule has 0 spiro atoms. The maximum Gasteiger partial charge on any atom is -0.0297 e. The molecule has 0 radical (unpaired) electrons. The van der Waals surface area contributed by atoms with Crippen LogP contribution in [0.15, 0.2) is 0 Å². The topological polar surface area (TPSA) is 0 Å². The molecule has 10 atom stereocenters. The lowest BCUT2D eigenvalue weighted by Gasteiger charge is -2.45. The lowest BCUT2D eigenvalue weighted by atomic mass is 9.60. The predicted molar refractivity (Wildman–Crippen MR) is 296 cm³/mol. The minimum absolute atomic E-state index is 0.595. The Labute approximate surface area is 414 Å². The molecule has 0 aromatic carbocycles. The molecule has 9 aliphatic rings. The van der Waals surface area contributed by atoms with Gasteiger partial charge in [0.25, 0.3) is 0 Å². The second-order valence-electron chi connectivity index (χ2n) is 29.4. The molecule has 0 heteroatoms. The predicted octanol–water partition coefficient (Wildman–Crippen LogP) is 21.9. The third-order valence-corrected chi connectivity index (χ3v) is 22.0. The normalized spacial score (nSPS) is 41.3. The van der Waals surface area contributed by atoms with Crippen molar-refractivity contribution in [2.45, 2.75) is 288 Å². The third-order valence-electron chi connectivity index (χ3n) is 22.0. The summed E-state index contributed by atoms with van der Waals surface area (Å²) in [5.41, 5.74) is 2.03. The lowest BCUT2D eigenvalue weighted by molar-refractivity contribution is 0.0302. The van der Waals surface area contributed by atoms with Gasteiger partial charge in [0.1, 0.15) is 0 Å². The Balaban J connectivity index is 0.000000255. The van der Waals surface area contributed by atoms with Crippen LogP contribution in [0.5, 0.6) is 0 Å². The Kier molecular flexibility index (Phi) is 26.5. The van der Waals surface area contributed by atoms with Gasteiger partial charge in [0.05, 0.1) is 0 Å². The third kappa shape index (κ3) is 20.7. The van der Waals surface area contributed by atoms with Gasteiger partial charge in [-0.1, -0.05) is 211 Å². The molecule has 0 aliphatic heterocycles. The second-order valence-corrected chi connectivity index (χ2v) is 29.4. The highest BCUT2D eigenvalue weighted by atomic mass is 14.5. The summed E-state index contributed by atoms with van der Waals surface area (Å²) in [6.45, 7) is 54.4. The van der Waals surface area contributed by atoms with Crippen LogP contribution in [0.3, 0.4) is 0 Å². The summed E-state index contributed by atoms with van der Waals surface area (Å²) in [5.74, 6) is 19.1. The highest BCUT2D eigenvalue weighted by Gasteiger charge is 2.46. The van der Waals surface area contributed by atoms with Crippen LogP contribution in [0.4, 0.5) is 0 Å². The largest absolute Gasteiger partial charge is 0.0651 e. The Morgan fingerprint density at radius 3 is 1.05 bits per heavy atom. The lowest BCUT2D eigenvalue weighted by Crippen LogP contribution is -2.39. The maximum atomic E-state index is 2.48. The SMILES string of the molecule is CC(C)(C)C1CCC1.CC1C(C)C(C)C1C.CC1CC(C(C)C)C1.CC1CC(C)[C@@H](C)C1.CC1CCC(C)(C)C1.CC1CCC(C)C1C.CCC(C)C1CCC1.C[C@H]1CC2CCC1(C)C2. The van der Waals surface area contributed by atoms with Crippen molar-refractivity contribution in [3.05, 3.63) is 0 Å². The van der Waals surface area contributed by atoms with Crippen LogP contribution in [0, 0.1) is 129 Å². The van der Waals surface area contributed by atoms with Crippen molar-refractivity contribution < 1.29 is 0 Å². The summed E-state index contributed by atoms with van der Waals surface area (Å²) in [6.07, 6.45) is 29.6. The van der Waals surface area contributed by atoms with Crippen molar-refractivity contribution in [1.82, 2.24) is 0 Å². The number of hydrogen-bond donors (Lipinski definition) is 0. The highest BCUT2D eigenvalue weighted by molar-refractivity contribution is 4.97. The first kappa shape index (κ1) is 61.1. The zero-order valence-electron chi connectivity index (χ0n) is 49.6. The summed E-state index contributed by atoms with van der Waals surface area (Å²) in [5, 5.41) is 0. The molecule has 0 aromatic heterocycles. The van der Waals surface area contributed by atoms with Gasteiger partial charge in [-0.05, 0) is 206 Å². The molecule has 0 heterocycles. The van der Waals surface area contributed by atoms with Crippen molar-refractivity contribution in [2.24, 2.45) is 129 Å². The fourth-order valence-electron chi connectivity index (χ4n) is 14.0. The van der Waals surface area contributed by atoms with E-state index in [-0.39, 0.29) is 0 Å². The second kappa shape index (κ2) is 28.1. The summed E-state index contributed by atoms with van der Waals surface area (Å²) in [4.78, 5) is 0. The van der Waals surface area contributed by atoms with E-state index >= 15 is 0 Å². The van der Waals surface area contributed by atoms with Gasteiger partial charge in [-0.15, -0.1) is 0 Å². The Bertz CT molecular complexity index is 1150.